The Morgan fingerprint density at radius 1 is 1.12 bits per heavy atom. The standard InChI is InChI=1S/C17H20N2O5/c1-11(2)17(22)19-8-7-18-15(20)10-23-13-5-3-12-4-6-16(21)24-14(12)9-13/h3-6,9,11H,7-8,10H2,1-2H3,(H,18,20)(H,19,22). The van der Waals surface area contributed by atoms with Crippen LogP contribution in [0.25, 0.3) is 11.0 Å². The Morgan fingerprint density at radius 3 is 2.58 bits per heavy atom. The number of hydrogen-bond donors (Lipinski definition) is 2. The van der Waals surface area contributed by atoms with E-state index in [-0.39, 0.29) is 24.3 Å². The van der Waals surface area contributed by atoms with Gasteiger partial charge < -0.3 is 19.8 Å². The van der Waals surface area contributed by atoms with Crippen molar-refractivity contribution in [2.75, 3.05) is 19.7 Å². The predicted octanol–water partition coefficient (Wildman–Crippen LogP) is 1.06. The third kappa shape index (κ3) is 5.12. The second-order valence-electron chi connectivity index (χ2n) is 5.54. The molecule has 0 aliphatic carbocycles. The highest BCUT2D eigenvalue weighted by atomic mass is 16.5. The van der Waals surface area contributed by atoms with Crippen molar-refractivity contribution in [3.8, 4) is 5.75 Å². The van der Waals surface area contributed by atoms with Crippen LogP contribution in [0.3, 0.4) is 0 Å². The van der Waals surface area contributed by atoms with Gasteiger partial charge in [0.15, 0.2) is 6.61 Å². The number of carbonyl (C=O) groups is 2. The number of hydrogen-bond acceptors (Lipinski definition) is 5. The fourth-order valence-electron chi connectivity index (χ4n) is 1.92. The first-order chi connectivity index (χ1) is 11.5. The van der Waals surface area contributed by atoms with Crippen LogP contribution in [0.15, 0.2) is 39.5 Å². The molecule has 0 atom stereocenters. The molecular formula is C17H20N2O5. The number of nitrogens with one attached hydrogen (secondary N) is 2. The van der Waals surface area contributed by atoms with Gasteiger partial charge in [0.2, 0.25) is 5.91 Å². The zero-order valence-corrected chi connectivity index (χ0v) is 13.6. The molecule has 1 aromatic carbocycles. The Bertz CT molecular complexity index is 782. The first-order valence-electron chi connectivity index (χ1n) is 7.67. The van der Waals surface area contributed by atoms with Crippen molar-refractivity contribution in [3.63, 3.8) is 0 Å². The molecular weight excluding hydrogens is 312 g/mol. The van der Waals surface area contributed by atoms with Gasteiger partial charge in [0.05, 0.1) is 0 Å². The molecule has 0 spiro atoms. The monoisotopic (exact) mass is 332 g/mol. The van der Waals surface area contributed by atoms with Crippen LogP contribution >= 0.6 is 0 Å². The summed E-state index contributed by atoms with van der Waals surface area (Å²) in [4.78, 5) is 34.2. The van der Waals surface area contributed by atoms with E-state index in [0.717, 1.165) is 5.39 Å². The Kier molecular flexibility index (Phi) is 5.95. The summed E-state index contributed by atoms with van der Waals surface area (Å²) in [7, 11) is 0. The first kappa shape index (κ1) is 17.5. The van der Waals surface area contributed by atoms with Crippen molar-refractivity contribution in [3.05, 3.63) is 40.8 Å². The Balaban J connectivity index is 1.77. The van der Waals surface area contributed by atoms with Crippen LogP contribution in [0.1, 0.15) is 13.8 Å². The van der Waals surface area contributed by atoms with E-state index >= 15 is 0 Å². The second kappa shape index (κ2) is 8.14. The maximum absolute atomic E-state index is 11.7. The van der Waals surface area contributed by atoms with E-state index in [1.165, 1.54) is 6.07 Å². The van der Waals surface area contributed by atoms with Gasteiger partial charge in [0.1, 0.15) is 11.3 Å². The van der Waals surface area contributed by atoms with Gasteiger partial charge in [-0.2, -0.15) is 0 Å². The molecule has 24 heavy (non-hydrogen) atoms. The minimum absolute atomic E-state index is 0.0573. The average Bonchev–Trinajstić information content (AvgIpc) is 2.56. The molecule has 0 unspecified atom stereocenters. The van der Waals surface area contributed by atoms with Crippen molar-refractivity contribution in [2.24, 2.45) is 5.92 Å². The topological polar surface area (TPSA) is 97.6 Å². The van der Waals surface area contributed by atoms with Crippen molar-refractivity contribution >= 4 is 22.8 Å². The average molecular weight is 332 g/mol. The Morgan fingerprint density at radius 2 is 1.83 bits per heavy atom. The fraction of sp³-hybridized carbons (Fsp3) is 0.353. The van der Waals surface area contributed by atoms with Crippen molar-refractivity contribution in [1.29, 1.82) is 0 Å². The zero-order valence-electron chi connectivity index (χ0n) is 13.6. The lowest BCUT2D eigenvalue weighted by molar-refractivity contribution is -0.125. The molecule has 0 saturated heterocycles. The van der Waals surface area contributed by atoms with E-state index in [4.69, 9.17) is 9.15 Å². The van der Waals surface area contributed by atoms with E-state index < -0.39 is 5.63 Å². The summed E-state index contributed by atoms with van der Waals surface area (Å²) >= 11 is 0. The lowest BCUT2D eigenvalue weighted by Gasteiger charge is -2.09. The van der Waals surface area contributed by atoms with Gasteiger partial charge in [-0.05, 0) is 18.2 Å². The molecule has 0 fully saturated rings. The number of benzene rings is 1. The molecule has 1 heterocycles. The molecule has 0 bridgehead atoms. The maximum Gasteiger partial charge on any atom is 0.336 e. The third-order valence-electron chi connectivity index (χ3n) is 3.24. The van der Waals surface area contributed by atoms with Crippen molar-refractivity contribution in [1.82, 2.24) is 10.6 Å². The highest BCUT2D eigenvalue weighted by molar-refractivity contribution is 5.80. The molecule has 2 aromatic rings. The summed E-state index contributed by atoms with van der Waals surface area (Å²) in [5.74, 6) is -0.0151. The molecule has 0 aliphatic rings. The minimum atomic E-state index is -0.444. The predicted molar refractivity (Wildman–Crippen MR) is 88.8 cm³/mol. The summed E-state index contributed by atoms with van der Waals surface area (Å²) in [6.07, 6.45) is 0. The van der Waals surface area contributed by atoms with Gasteiger partial charge in [0, 0.05) is 36.5 Å². The molecule has 0 aliphatic heterocycles. The molecule has 128 valence electrons. The second-order valence-corrected chi connectivity index (χ2v) is 5.54. The molecule has 7 heteroatoms. The van der Waals surface area contributed by atoms with Gasteiger partial charge in [0.25, 0.3) is 5.91 Å². The lowest BCUT2D eigenvalue weighted by Crippen LogP contribution is -2.38. The number of rotatable bonds is 7. The number of fused-ring (bicyclic) bond motifs is 1. The van der Waals surface area contributed by atoms with Crippen LogP contribution in [0.4, 0.5) is 0 Å². The molecule has 2 rings (SSSR count). The minimum Gasteiger partial charge on any atom is -0.484 e. The summed E-state index contributed by atoms with van der Waals surface area (Å²) < 4.78 is 10.4. The zero-order chi connectivity index (χ0) is 17.5. The first-order valence-corrected chi connectivity index (χ1v) is 7.67. The van der Waals surface area contributed by atoms with E-state index in [1.54, 1.807) is 38.1 Å². The summed E-state index contributed by atoms with van der Waals surface area (Å²) in [5, 5.41) is 6.11. The fourth-order valence-corrected chi connectivity index (χ4v) is 1.92. The lowest BCUT2D eigenvalue weighted by atomic mass is 10.2. The highest BCUT2D eigenvalue weighted by Gasteiger charge is 2.07. The Labute approximate surface area is 139 Å². The van der Waals surface area contributed by atoms with Crippen LogP contribution in [-0.4, -0.2) is 31.5 Å². The summed E-state index contributed by atoms with van der Waals surface area (Å²) in [6.45, 7) is 4.12. The highest BCUT2D eigenvalue weighted by Crippen LogP contribution is 2.19. The van der Waals surface area contributed by atoms with Gasteiger partial charge in [-0.1, -0.05) is 13.8 Å². The van der Waals surface area contributed by atoms with Crippen LogP contribution in [0, 0.1) is 5.92 Å². The number of carbonyl (C=O) groups excluding carboxylic acids is 2. The van der Waals surface area contributed by atoms with Crippen LogP contribution in [0.2, 0.25) is 0 Å². The van der Waals surface area contributed by atoms with Gasteiger partial charge >= 0.3 is 5.63 Å². The van der Waals surface area contributed by atoms with Crippen molar-refractivity contribution in [2.45, 2.75) is 13.8 Å². The van der Waals surface area contributed by atoms with Crippen LogP contribution < -0.4 is 21.0 Å². The van der Waals surface area contributed by atoms with Crippen LogP contribution in [-0.2, 0) is 9.59 Å². The SMILES string of the molecule is CC(C)C(=O)NCCNC(=O)COc1ccc2ccc(=O)oc2c1. The molecule has 7 nitrogen and oxygen atoms in total. The van der Waals surface area contributed by atoms with Gasteiger partial charge in [-0.3, -0.25) is 9.59 Å². The molecule has 2 amide bonds. The van der Waals surface area contributed by atoms with E-state index in [1.807, 2.05) is 0 Å². The molecule has 0 radical (unpaired) electrons. The van der Waals surface area contributed by atoms with Gasteiger partial charge in [-0.15, -0.1) is 0 Å². The summed E-state index contributed by atoms with van der Waals surface area (Å²) in [5.41, 5.74) is -0.0438. The largest absolute Gasteiger partial charge is 0.484 e. The Hall–Kier alpha value is -2.83. The van der Waals surface area contributed by atoms with E-state index in [2.05, 4.69) is 10.6 Å². The molecule has 1 aromatic heterocycles. The number of amides is 2. The van der Waals surface area contributed by atoms with E-state index in [0.29, 0.717) is 24.4 Å². The normalized spacial score (nSPS) is 10.6. The number of ether oxygens (including phenoxy) is 1. The van der Waals surface area contributed by atoms with E-state index in [9.17, 15) is 14.4 Å². The van der Waals surface area contributed by atoms with Gasteiger partial charge in [-0.25, -0.2) is 4.79 Å². The maximum atomic E-state index is 11.7. The molecule has 2 N–H and O–H groups in total. The molecule has 0 saturated carbocycles. The summed E-state index contributed by atoms with van der Waals surface area (Å²) in [6, 6.07) is 8.00. The smallest absolute Gasteiger partial charge is 0.336 e. The third-order valence-corrected chi connectivity index (χ3v) is 3.24. The van der Waals surface area contributed by atoms with Crippen molar-refractivity contribution < 1.29 is 18.7 Å². The quantitative estimate of drug-likeness (QED) is 0.584. The van der Waals surface area contributed by atoms with Crippen LogP contribution in [0.5, 0.6) is 5.75 Å².